The summed E-state index contributed by atoms with van der Waals surface area (Å²) in [5.41, 5.74) is 0.614. The van der Waals surface area contributed by atoms with E-state index in [1.165, 1.54) is 25.9 Å². The van der Waals surface area contributed by atoms with Crippen LogP contribution < -0.4 is 4.90 Å². The van der Waals surface area contributed by atoms with Crippen LogP contribution in [0.5, 0.6) is 0 Å². The molecule has 1 aromatic heterocycles. The van der Waals surface area contributed by atoms with E-state index in [0.29, 0.717) is 24.7 Å². The van der Waals surface area contributed by atoms with E-state index in [1.54, 1.807) is 6.20 Å². The smallest absolute Gasteiger partial charge is 0.255 e. The number of carbonyl (C=O) groups excluding carboxylic acids is 1. The van der Waals surface area contributed by atoms with E-state index in [4.69, 9.17) is 0 Å². The van der Waals surface area contributed by atoms with Crippen molar-refractivity contribution >= 4 is 21.6 Å². The number of sulfone groups is 1. The summed E-state index contributed by atoms with van der Waals surface area (Å²) in [4.78, 5) is 23.9. The molecule has 0 saturated carbocycles. The van der Waals surface area contributed by atoms with E-state index < -0.39 is 9.84 Å². The van der Waals surface area contributed by atoms with Crippen molar-refractivity contribution in [1.82, 2.24) is 14.8 Å². The van der Waals surface area contributed by atoms with Crippen LogP contribution in [0.4, 0.5) is 5.82 Å². The number of hydrogen-bond acceptors (Lipinski definition) is 6. The molecule has 1 amide bonds. The van der Waals surface area contributed by atoms with Gasteiger partial charge in [-0.15, -0.1) is 0 Å². The average Bonchev–Trinajstić information content (AvgIpc) is 2.74. The Morgan fingerprint density at radius 3 is 2.38 bits per heavy atom. The lowest BCUT2D eigenvalue weighted by molar-refractivity contribution is 0.0541. The number of likely N-dealkylation sites (tertiary alicyclic amines) is 2. The first-order chi connectivity index (χ1) is 13.9. The molecule has 4 rings (SSSR count). The fourth-order valence-electron chi connectivity index (χ4n) is 4.82. The van der Waals surface area contributed by atoms with Gasteiger partial charge in [0.25, 0.3) is 5.91 Å². The molecule has 3 aliphatic rings. The van der Waals surface area contributed by atoms with Gasteiger partial charge < -0.3 is 9.80 Å². The highest BCUT2D eigenvalue weighted by Crippen LogP contribution is 2.24. The lowest BCUT2D eigenvalue weighted by Gasteiger charge is -2.41. The summed E-state index contributed by atoms with van der Waals surface area (Å²) in [5.74, 6) is 1.92. The Hall–Kier alpha value is -1.67. The Balaban J connectivity index is 1.31. The summed E-state index contributed by atoms with van der Waals surface area (Å²) in [6, 6.07) is 4.27. The van der Waals surface area contributed by atoms with E-state index in [9.17, 15) is 13.2 Å². The highest BCUT2D eigenvalue weighted by molar-refractivity contribution is 7.91. The summed E-state index contributed by atoms with van der Waals surface area (Å²) in [6.07, 6.45) is 6.36. The maximum atomic E-state index is 12.9. The minimum atomic E-state index is -2.91. The predicted octanol–water partition coefficient (Wildman–Crippen LogP) is 1.65. The lowest BCUT2D eigenvalue weighted by atomic mass is 9.95. The molecule has 4 heterocycles. The zero-order valence-electron chi connectivity index (χ0n) is 17.3. The van der Waals surface area contributed by atoms with E-state index in [2.05, 4.69) is 16.8 Å². The first kappa shape index (κ1) is 20.6. The molecule has 0 radical (unpaired) electrons. The largest absolute Gasteiger partial charge is 0.355 e. The number of amides is 1. The van der Waals surface area contributed by atoms with Crippen molar-refractivity contribution in [2.45, 2.75) is 38.6 Å². The van der Waals surface area contributed by atoms with E-state index in [1.807, 2.05) is 21.9 Å². The van der Waals surface area contributed by atoms with Crippen LogP contribution in [0.3, 0.4) is 0 Å². The van der Waals surface area contributed by atoms with Crippen molar-refractivity contribution in [2.24, 2.45) is 5.92 Å². The van der Waals surface area contributed by atoms with Crippen LogP contribution in [0.2, 0.25) is 0 Å². The Bertz CT molecular complexity index is 805. The SMILES string of the molecule is CC1CCCN(C2CCN(C(=O)c3ccc(N4CCS(=O)(=O)CC4)nc3)CC2)C1. The van der Waals surface area contributed by atoms with E-state index >= 15 is 0 Å². The molecule has 0 N–H and O–H groups in total. The van der Waals surface area contributed by atoms with Crippen LogP contribution >= 0.6 is 0 Å². The maximum Gasteiger partial charge on any atom is 0.255 e. The summed E-state index contributed by atoms with van der Waals surface area (Å²) < 4.78 is 23.2. The van der Waals surface area contributed by atoms with E-state index in [0.717, 1.165) is 37.7 Å². The number of carbonyl (C=O) groups is 1. The molecule has 3 aliphatic heterocycles. The van der Waals surface area contributed by atoms with Crippen LogP contribution in [0.25, 0.3) is 0 Å². The second-order valence-electron chi connectivity index (χ2n) is 8.81. The van der Waals surface area contributed by atoms with Gasteiger partial charge in [-0.1, -0.05) is 6.92 Å². The van der Waals surface area contributed by atoms with Gasteiger partial charge in [0.1, 0.15) is 5.82 Å². The Morgan fingerprint density at radius 2 is 1.76 bits per heavy atom. The second kappa shape index (κ2) is 8.60. The molecule has 0 aliphatic carbocycles. The third-order valence-electron chi connectivity index (χ3n) is 6.62. The number of nitrogens with zero attached hydrogens (tertiary/aromatic N) is 4. The fraction of sp³-hybridized carbons (Fsp3) is 0.714. The van der Waals surface area contributed by atoms with Gasteiger partial charge in [0, 0.05) is 45.0 Å². The molecule has 29 heavy (non-hydrogen) atoms. The van der Waals surface area contributed by atoms with Gasteiger partial charge >= 0.3 is 0 Å². The number of rotatable bonds is 3. The zero-order chi connectivity index (χ0) is 20.4. The van der Waals surface area contributed by atoms with Crippen LogP contribution in [0.15, 0.2) is 18.3 Å². The number of aromatic nitrogens is 1. The monoisotopic (exact) mass is 420 g/mol. The van der Waals surface area contributed by atoms with Crippen molar-refractivity contribution in [2.75, 3.05) is 55.7 Å². The molecular formula is C21H32N4O3S. The van der Waals surface area contributed by atoms with Crippen molar-refractivity contribution in [3.8, 4) is 0 Å². The third-order valence-corrected chi connectivity index (χ3v) is 8.23. The molecule has 8 heteroatoms. The minimum Gasteiger partial charge on any atom is -0.355 e. The number of hydrogen-bond donors (Lipinski definition) is 0. The quantitative estimate of drug-likeness (QED) is 0.740. The molecule has 7 nitrogen and oxygen atoms in total. The number of piperidine rings is 2. The van der Waals surface area contributed by atoms with Gasteiger partial charge in [-0.3, -0.25) is 9.69 Å². The predicted molar refractivity (Wildman–Crippen MR) is 114 cm³/mol. The molecule has 0 aromatic carbocycles. The lowest BCUT2D eigenvalue weighted by Crippen LogP contribution is -2.49. The molecule has 160 valence electrons. The zero-order valence-corrected chi connectivity index (χ0v) is 18.1. The standard InChI is InChI=1S/C21H32N4O3S/c1-17-3-2-8-25(16-17)19-6-9-24(10-7-19)21(26)18-4-5-20(22-15-18)23-11-13-29(27,28)14-12-23/h4-5,15,17,19H,2-3,6-14,16H2,1H3. The highest BCUT2D eigenvalue weighted by atomic mass is 32.2. The van der Waals surface area contributed by atoms with Crippen molar-refractivity contribution in [1.29, 1.82) is 0 Å². The fourth-order valence-corrected chi connectivity index (χ4v) is 6.02. The van der Waals surface area contributed by atoms with Gasteiger partial charge in [-0.25, -0.2) is 13.4 Å². The summed E-state index contributed by atoms with van der Waals surface area (Å²) in [6.45, 7) is 7.27. The Morgan fingerprint density at radius 1 is 1.03 bits per heavy atom. The van der Waals surface area contributed by atoms with Crippen LogP contribution in [-0.2, 0) is 9.84 Å². The van der Waals surface area contributed by atoms with Gasteiger partial charge in [0.2, 0.25) is 0 Å². The van der Waals surface area contributed by atoms with E-state index in [-0.39, 0.29) is 17.4 Å². The summed E-state index contributed by atoms with van der Waals surface area (Å²) >= 11 is 0. The molecule has 3 saturated heterocycles. The van der Waals surface area contributed by atoms with Crippen molar-refractivity contribution in [3.63, 3.8) is 0 Å². The average molecular weight is 421 g/mol. The highest BCUT2D eigenvalue weighted by Gasteiger charge is 2.30. The summed E-state index contributed by atoms with van der Waals surface area (Å²) in [5, 5.41) is 0. The normalized spacial score (nSPS) is 26.4. The van der Waals surface area contributed by atoms with Gasteiger partial charge in [0.05, 0.1) is 17.1 Å². The molecule has 0 bridgehead atoms. The molecule has 1 atom stereocenters. The minimum absolute atomic E-state index is 0.0516. The Labute approximate surface area is 174 Å². The third kappa shape index (κ3) is 4.91. The van der Waals surface area contributed by atoms with Gasteiger partial charge in [-0.2, -0.15) is 0 Å². The number of anilines is 1. The molecule has 1 aromatic rings. The van der Waals surface area contributed by atoms with Gasteiger partial charge in [0.15, 0.2) is 9.84 Å². The molecule has 0 spiro atoms. The molecular weight excluding hydrogens is 388 g/mol. The maximum absolute atomic E-state index is 12.9. The van der Waals surface area contributed by atoms with Crippen LogP contribution in [-0.4, -0.2) is 85.9 Å². The first-order valence-corrected chi connectivity index (χ1v) is 12.7. The summed E-state index contributed by atoms with van der Waals surface area (Å²) in [7, 11) is -2.91. The van der Waals surface area contributed by atoms with Crippen molar-refractivity contribution < 1.29 is 13.2 Å². The topological polar surface area (TPSA) is 73.8 Å². The molecule has 3 fully saturated rings. The van der Waals surface area contributed by atoms with Crippen LogP contribution in [0.1, 0.15) is 43.0 Å². The molecule has 1 unspecified atom stereocenters. The van der Waals surface area contributed by atoms with Crippen molar-refractivity contribution in [3.05, 3.63) is 23.9 Å². The van der Waals surface area contributed by atoms with Gasteiger partial charge in [-0.05, 0) is 50.3 Å². The van der Waals surface area contributed by atoms with Crippen LogP contribution in [0, 0.1) is 5.92 Å². The second-order valence-corrected chi connectivity index (χ2v) is 11.1. The first-order valence-electron chi connectivity index (χ1n) is 10.9. The Kier molecular flexibility index (Phi) is 6.11. The number of pyridine rings is 1.